The first-order valence-corrected chi connectivity index (χ1v) is 12.2. The summed E-state index contributed by atoms with van der Waals surface area (Å²) in [6.07, 6.45) is 1.80. The first kappa shape index (κ1) is 25.8. The normalized spacial score (nSPS) is 15.4. The van der Waals surface area contributed by atoms with Crippen molar-refractivity contribution < 1.29 is 24.2 Å². The maximum atomic E-state index is 12.9. The van der Waals surface area contributed by atoms with E-state index in [9.17, 15) is 9.59 Å². The highest BCUT2D eigenvalue weighted by atomic mass is 32.2. The molecule has 1 aliphatic heterocycles. The lowest BCUT2D eigenvalue weighted by atomic mass is 10.1. The van der Waals surface area contributed by atoms with Crippen LogP contribution in [0.2, 0.25) is 0 Å². The van der Waals surface area contributed by atoms with Gasteiger partial charge >= 0.3 is 5.97 Å². The Labute approximate surface area is 219 Å². The molecule has 0 atom stereocenters. The molecule has 37 heavy (non-hydrogen) atoms. The van der Waals surface area contributed by atoms with Gasteiger partial charge < -0.3 is 19.5 Å². The van der Waals surface area contributed by atoms with Crippen LogP contribution in [0.1, 0.15) is 21.5 Å². The predicted molar refractivity (Wildman–Crippen MR) is 147 cm³/mol. The number of amidine groups is 1. The maximum Gasteiger partial charge on any atom is 0.335 e. The molecule has 9 heteroatoms. The monoisotopic (exact) mass is 517 g/mol. The summed E-state index contributed by atoms with van der Waals surface area (Å²) in [7, 11) is 7.22. The highest BCUT2D eigenvalue weighted by Gasteiger charge is 2.30. The molecular formula is C28H27N3O5S. The quantitative estimate of drug-likeness (QED) is 0.407. The van der Waals surface area contributed by atoms with Crippen LogP contribution >= 0.6 is 11.8 Å². The van der Waals surface area contributed by atoms with Gasteiger partial charge in [-0.25, -0.2) is 9.79 Å². The van der Waals surface area contributed by atoms with Crippen molar-refractivity contribution in [1.82, 2.24) is 4.90 Å². The minimum absolute atomic E-state index is 0.127. The van der Waals surface area contributed by atoms with Gasteiger partial charge in [0.05, 0.1) is 23.3 Å². The molecule has 190 valence electrons. The zero-order valence-electron chi connectivity index (χ0n) is 21.0. The summed E-state index contributed by atoms with van der Waals surface area (Å²) in [4.78, 5) is 32.6. The largest absolute Gasteiger partial charge is 0.493 e. The van der Waals surface area contributed by atoms with Gasteiger partial charge in [0, 0.05) is 26.8 Å². The van der Waals surface area contributed by atoms with Gasteiger partial charge in [-0.15, -0.1) is 0 Å². The molecule has 0 aromatic heterocycles. The lowest BCUT2D eigenvalue weighted by Crippen LogP contribution is -2.23. The van der Waals surface area contributed by atoms with Crippen molar-refractivity contribution in [3.8, 4) is 11.5 Å². The number of amides is 1. The lowest BCUT2D eigenvalue weighted by Gasteiger charge is -2.12. The number of carbonyl (C=O) groups is 2. The number of anilines is 1. The average molecular weight is 518 g/mol. The van der Waals surface area contributed by atoms with Gasteiger partial charge in [-0.3, -0.25) is 9.69 Å². The Morgan fingerprint density at radius 1 is 1.05 bits per heavy atom. The molecule has 0 bridgehead atoms. The number of thioether (sulfide) groups is 1. The lowest BCUT2D eigenvalue weighted by molar-refractivity contribution is -0.121. The highest BCUT2D eigenvalue weighted by molar-refractivity contribution is 8.18. The topological polar surface area (TPSA) is 91.7 Å². The number of ether oxygens (including phenoxy) is 2. The van der Waals surface area contributed by atoms with Crippen molar-refractivity contribution in [2.45, 2.75) is 6.61 Å². The Kier molecular flexibility index (Phi) is 7.83. The second kappa shape index (κ2) is 11.2. The summed E-state index contributed by atoms with van der Waals surface area (Å²) >= 11 is 1.32. The van der Waals surface area contributed by atoms with E-state index in [1.54, 1.807) is 49.4 Å². The summed E-state index contributed by atoms with van der Waals surface area (Å²) in [6.45, 7) is 0.255. The van der Waals surface area contributed by atoms with E-state index in [0.29, 0.717) is 21.6 Å². The molecule has 3 aromatic carbocycles. The fourth-order valence-electron chi connectivity index (χ4n) is 3.54. The SMILES string of the molecule is COc1cc(/C=C2\SC(=Nc3ccc(N(C)C)cc3)N(C)C2=O)ccc1OCc1ccc(C(=O)O)cc1. The fraction of sp³-hybridized carbons (Fsp3) is 0.179. The standard InChI is InChI=1S/C28H27N3O5S/c1-30(2)22-12-10-21(11-13-22)29-28-31(3)26(32)25(37-28)16-19-7-14-23(24(15-19)35-4)36-17-18-5-8-20(9-6-18)27(33)34/h5-16H,17H2,1-4H3,(H,33,34)/b25-16-,29-28?. The number of aromatic carboxylic acids is 1. The zero-order chi connectivity index (χ0) is 26.5. The molecule has 1 N–H and O–H groups in total. The number of aliphatic imine (C=N–C) groups is 1. The summed E-state index contributed by atoms with van der Waals surface area (Å²) in [5.41, 5.74) is 3.69. The minimum atomic E-state index is -0.971. The van der Waals surface area contributed by atoms with E-state index in [1.165, 1.54) is 23.9 Å². The van der Waals surface area contributed by atoms with Crippen LogP contribution in [-0.2, 0) is 11.4 Å². The Morgan fingerprint density at radius 2 is 1.76 bits per heavy atom. The molecule has 8 nitrogen and oxygen atoms in total. The number of carbonyl (C=O) groups excluding carboxylic acids is 1. The van der Waals surface area contributed by atoms with Gasteiger partial charge in [-0.2, -0.15) is 0 Å². The molecule has 4 rings (SSSR count). The van der Waals surface area contributed by atoms with Crippen molar-refractivity contribution in [2.24, 2.45) is 4.99 Å². The van der Waals surface area contributed by atoms with Gasteiger partial charge in [-0.05, 0) is 77.5 Å². The second-order valence-electron chi connectivity index (χ2n) is 8.48. The maximum absolute atomic E-state index is 12.9. The predicted octanol–water partition coefficient (Wildman–Crippen LogP) is 5.27. The number of hydrogen-bond donors (Lipinski definition) is 1. The van der Waals surface area contributed by atoms with Crippen molar-refractivity contribution >= 4 is 46.3 Å². The molecule has 3 aromatic rings. The number of methoxy groups -OCH3 is 1. The van der Waals surface area contributed by atoms with Crippen molar-refractivity contribution in [3.05, 3.63) is 88.3 Å². The van der Waals surface area contributed by atoms with Gasteiger partial charge in [0.15, 0.2) is 16.7 Å². The summed E-state index contributed by atoms with van der Waals surface area (Å²) in [5.74, 6) is -0.0353. The van der Waals surface area contributed by atoms with Crippen LogP contribution in [0.3, 0.4) is 0 Å². The number of nitrogens with zero attached hydrogens (tertiary/aromatic N) is 3. The van der Waals surface area contributed by atoms with Gasteiger partial charge in [0.1, 0.15) is 6.61 Å². The van der Waals surface area contributed by atoms with Crippen LogP contribution in [0.4, 0.5) is 11.4 Å². The average Bonchev–Trinajstić information content (AvgIpc) is 3.15. The molecule has 1 fully saturated rings. The van der Waals surface area contributed by atoms with Crippen LogP contribution < -0.4 is 14.4 Å². The van der Waals surface area contributed by atoms with E-state index in [-0.39, 0.29) is 18.1 Å². The van der Waals surface area contributed by atoms with Crippen LogP contribution in [0, 0.1) is 0 Å². The number of rotatable bonds is 8. The van der Waals surface area contributed by atoms with Crippen molar-refractivity contribution in [2.75, 3.05) is 33.2 Å². The van der Waals surface area contributed by atoms with E-state index in [4.69, 9.17) is 14.6 Å². The summed E-state index contributed by atoms with van der Waals surface area (Å²) in [5, 5.41) is 9.64. The number of benzene rings is 3. The summed E-state index contributed by atoms with van der Waals surface area (Å²) in [6, 6.07) is 19.8. The number of carboxylic acid groups (broad SMARTS) is 1. The molecule has 0 unspecified atom stereocenters. The van der Waals surface area contributed by atoms with E-state index in [2.05, 4.69) is 4.99 Å². The van der Waals surface area contributed by atoms with Crippen LogP contribution in [0.25, 0.3) is 6.08 Å². The smallest absolute Gasteiger partial charge is 0.335 e. The van der Waals surface area contributed by atoms with Gasteiger partial charge in [0.2, 0.25) is 0 Å². The Balaban J connectivity index is 1.48. The van der Waals surface area contributed by atoms with Gasteiger partial charge in [0.25, 0.3) is 5.91 Å². The first-order valence-electron chi connectivity index (χ1n) is 11.4. The highest BCUT2D eigenvalue weighted by Crippen LogP contribution is 2.35. The number of carboxylic acids is 1. The van der Waals surface area contributed by atoms with E-state index in [1.807, 2.05) is 49.3 Å². The fourth-order valence-corrected chi connectivity index (χ4v) is 4.52. The molecule has 1 aliphatic rings. The van der Waals surface area contributed by atoms with Gasteiger partial charge in [-0.1, -0.05) is 18.2 Å². The molecule has 1 amide bonds. The third-order valence-electron chi connectivity index (χ3n) is 5.68. The van der Waals surface area contributed by atoms with E-state index in [0.717, 1.165) is 22.5 Å². The van der Waals surface area contributed by atoms with Crippen LogP contribution in [-0.4, -0.2) is 55.3 Å². The molecule has 1 heterocycles. The minimum Gasteiger partial charge on any atom is -0.493 e. The van der Waals surface area contributed by atoms with Crippen LogP contribution in [0.5, 0.6) is 11.5 Å². The Hall–Kier alpha value is -4.24. The summed E-state index contributed by atoms with van der Waals surface area (Å²) < 4.78 is 11.4. The van der Waals surface area contributed by atoms with Crippen molar-refractivity contribution in [3.63, 3.8) is 0 Å². The van der Waals surface area contributed by atoms with E-state index < -0.39 is 5.97 Å². The Morgan fingerprint density at radius 3 is 2.38 bits per heavy atom. The van der Waals surface area contributed by atoms with E-state index >= 15 is 0 Å². The molecule has 0 saturated carbocycles. The van der Waals surface area contributed by atoms with Crippen LogP contribution in [0.15, 0.2) is 76.6 Å². The molecule has 0 aliphatic carbocycles. The molecular weight excluding hydrogens is 490 g/mol. The molecule has 0 radical (unpaired) electrons. The number of hydrogen-bond acceptors (Lipinski definition) is 7. The third-order valence-corrected chi connectivity index (χ3v) is 6.74. The second-order valence-corrected chi connectivity index (χ2v) is 9.49. The molecule has 0 spiro atoms. The van der Waals surface area contributed by atoms with Crippen molar-refractivity contribution in [1.29, 1.82) is 0 Å². The first-order chi connectivity index (χ1) is 17.7. The third kappa shape index (κ3) is 6.13. The zero-order valence-corrected chi connectivity index (χ0v) is 21.8. The Bertz CT molecular complexity index is 1370. The number of likely N-dealkylation sites (N-methyl/N-ethyl adjacent to an activating group) is 1. The molecule has 1 saturated heterocycles.